The van der Waals surface area contributed by atoms with E-state index in [1.807, 2.05) is 18.4 Å². The molecule has 0 atom stereocenters. The van der Waals surface area contributed by atoms with Crippen LogP contribution in [-0.2, 0) is 4.79 Å². The molecule has 0 spiro atoms. The lowest BCUT2D eigenvalue weighted by atomic mass is 10.3. The van der Waals surface area contributed by atoms with E-state index in [0.29, 0.717) is 0 Å². The number of hydrazone groups is 1. The standard InChI is InChI=1S/C8H10N2OS/c1-6-8(3-4-12-6)5-9-10-7(2)11/h3-5H,1-2H3,(H,10,11). The third kappa shape index (κ3) is 2.47. The minimum Gasteiger partial charge on any atom is -0.274 e. The summed E-state index contributed by atoms with van der Waals surface area (Å²) in [5.74, 6) is -0.154. The number of hydrogen-bond donors (Lipinski definition) is 1. The lowest BCUT2D eigenvalue weighted by Crippen LogP contribution is -2.12. The summed E-state index contributed by atoms with van der Waals surface area (Å²) in [6.07, 6.45) is 1.65. The van der Waals surface area contributed by atoms with Gasteiger partial charge in [0, 0.05) is 17.4 Å². The van der Waals surface area contributed by atoms with Gasteiger partial charge in [0.1, 0.15) is 0 Å². The summed E-state index contributed by atoms with van der Waals surface area (Å²) < 4.78 is 0. The molecule has 1 aromatic heterocycles. The number of thiophene rings is 1. The molecule has 12 heavy (non-hydrogen) atoms. The van der Waals surface area contributed by atoms with Gasteiger partial charge in [-0.15, -0.1) is 11.3 Å². The van der Waals surface area contributed by atoms with Gasteiger partial charge in [-0.1, -0.05) is 0 Å². The van der Waals surface area contributed by atoms with E-state index < -0.39 is 0 Å². The highest BCUT2D eigenvalue weighted by molar-refractivity contribution is 7.10. The number of amides is 1. The normalized spacial score (nSPS) is 10.5. The maximum absolute atomic E-state index is 10.4. The minimum atomic E-state index is -0.154. The van der Waals surface area contributed by atoms with Crippen LogP contribution in [0.15, 0.2) is 16.5 Å². The van der Waals surface area contributed by atoms with Crippen LogP contribution < -0.4 is 5.43 Å². The molecule has 0 unspecified atom stereocenters. The second kappa shape index (κ2) is 4.01. The van der Waals surface area contributed by atoms with Crippen LogP contribution in [0.2, 0.25) is 0 Å². The average Bonchev–Trinajstić information content (AvgIpc) is 2.36. The van der Waals surface area contributed by atoms with Crippen LogP contribution in [0.3, 0.4) is 0 Å². The molecule has 0 aliphatic rings. The van der Waals surface area contributed by atoms with Gasteiger partial charge in [-0.3, -0.25) is 4.79 Å². The summed E-state index contributed by atoms with van der Waals surface area (Å²) in [6.45, 7) is 3.44. The van der Waals surface area contributed by atoms with Gasteiger partial charge in [0.05, 0.1) is 6.21 Å². The van der Waals surface area contributed by atoms with E-state index in [1.54, 1.807) is 17.6 Å². The smallest absolute Gasteiger partial charge is 0.236 e. The summed E-state index contributed by atoms with van der Waals surface area (Å²) >= 11 is 1.66. The number of hydrogen-bond acceptors (Lipinski definition) is 3. The molecule has 0 radical (unpaired) electrons. The van der Waals surface area contributed by atoms with Gasteiger partial charge >= 0.3 is 0 Å². The molecule has 3 nitrogen and oxygen atoms in total. The van der Waals surface area contributed by atoms with Gasteiger partial charge in [0.25, 0.3) is 0 Å². The molecule has 0 aromatic carbocycles. The fraction of sp³-hybridized carbons (Fsp3) is 0.250. The maximum Gasteiger partial charge on any atom is 0.236 e. The molecule has 64 valence electrons. The van der Waals surface area contributed by atoms with Crippen molar-refractivity contribution in [2.24, 2.45) is 5.10 Å². The van der Waals surface area contributed by atoms with Crippen molar-refractivity contribution >= 4 is 23.5 Å². The Hall–Kier alpha value is -1.16. The molecule has 0 saturated heterocycles. The summed E-state index contributed by atoms with van der Waals surface area (Å²) in [5.41, 5.74) is 3.40. The quantitative estimate of drug-likeness (QED) is 0.547. The van der Waals surface area contributed by atoms with Crippen LogP contribution in [0.25, 0.3) is 0 Å². The highest BCUT2D eigenvalue weighted by atomic mass is 32.1. The Labute approximate surface area is 75.1 Å². The summed E-state index contributed by atoms with van der Waals surface area (Å²) in [6, 6.07) is 1.96. The number of rotatable bonds is 2. The van der Waals surface area contributed by atoms with Crippen molar-refractivity contribution in [1.29, 1.82) is 0 Å². The first kappa shape index (κ1) is 8.93. The van der Waals surface area contributed by atoms with Gasteiger partial charge in [-0.25, -0.2) is 5.43 Å². The molecule has 0 saturated carbocycles. The number of carbonyl (C=O) groups excluding carboxylic acids is 1. The van der Waals surface area contributed by atoms with Crippen molar-refractivity contribution in [3.8, 4) is 0 Å². The van der Waals surface area contributed by atoms with Crippen LogP contribution >= 0.6 is 11.3 Å². The summed E-state index contributed by atoms with van der Waals surface area (Å²) in [7, 11) is 0. The van der Waals surface area contributed by atoms with Crippen molar-refractivity contribution in [3.05, 3.63) is 21.9 Å². The Bertz CT molecular complexity index is 304. The summed E-state index contributed by atoms with van der Waals surface area (Å²) in [5, 5.41) is 5.75. The Morgan fingerprint density at radius 1 is 1.75 bits per heavy atom. The van der Waals surface area contributed by atoms with Crippen molar-refractivity contribution in [3.63, 3.8) is 0 Å². The molecule has 1 N–H and O–H groups in total. The van der Waals surface area contributed by atoms with Crippen LogP contribution in [0, 0.1) is 6.92 Å². The van der Waals surface area contributed by atoms with Gasteiger partial charge in [-0.2, -0.15) is 5.10 Å². The molecule has 1 rings (SSSR count). The minimum absolute atomic E-state index is 0.154. The zero-order valence-corrected chi connectivity index (χ0v) is 7.81. The van der Waals surface area contributed by atoms with Crippen LogP contribution in [0.5, 0.6) is 0 Å². The molecule has 4 heteroatoms. The lowest BCUT2D eigenvalue weighted by Gasteiger charge is -1.90. The zero-order chi connectivity index (χ0) is 8.97. The van der Waals surface area contributed by atoms with Crippen LogP contribution in [0.1, 0.15) is 17.4 Å². The predicted molar refractivity (Wildman–Crippen MR) is 50.5 cm³/mol. The van der Waals surface area contributed by atoms with Crippen LogP contribution in [0.4, 0.5) is 0 Å². The van der Waals surface area contributed by atoms with Crippen LogP contribution in [-0.4, -0.2) is 12.1 Å². The third-order valence-electron chi connectivity index (χ3n) is 1.32. The Morgan fingerprint density at radius 2 is 2.50 bits per heavy atom. The molecule has 0 fully saturated rings. The monoisotopic (exact) mass is 182 g/mol. The lowest BCUT2D eigenvalue weighted by molar-refractivity contribution is -0.118. The highest BCUT2D eigenvalue weighted by Crippen LogP contribution is 2.12. The van der Waals surface area contributed by atoms with Crippen molar-refractivity contribution < 1.29 is 4.79 Å². The second-order valence-electron chi connectivity index (χ2n) is 2.36. The maximum atomic E-state index is 10.4. The van der Waals surface area contributed by atoms with Gasteiger partial charge in [0.2, 0.25) is 5.91 Å². The first-order valence-electron chi connectivity index (χ1n) is 3.54. The highest BCUT2D eigenvalue weighted by Gasteiger charge is 1.94. The molecule has 1 heterocycles. The van der Waals surface area contributed by atoms with Crippen molar-refractivity contribution in [2.45, 2.75) is 13.8 Å². The molecule has 0 bridgehead atoms. The Balaban J connectivity index is 2.57. The van der Waals surface area contributed by atoms with Crippen molar-refractivity contribution in [2.75, 3.05) is 0 Å². The zero-order valence-electron chi connectivity index (χ0n) is 7.00. The molecule has 1 amide bonds. The number of aryl methyl sites for hydroxylation is 1. The molecule has 0 aliphatic carbocycles. The SMILES string of the molecule is CC(=O)NN=Cc1ccsc1C. The van der Waals surface area contributed by atoms with Crippen molar-refractivity contribution in [1.82, 2.24) is 5.43 Å². The number of carbonyl (C=O) groups is 1. The predicted octanol–water partition coefficient (Wildman–Crippen LogP) is 1.53. The largest absolute Gasteiger partial charge is 0.274 e. The number of nitrogens with one attached hydrogen (secondary N) is 1. The average molecular weight is 182 g/mol. The van der Waals surface area contributed by atoms with E-state index in [1.165, 1.54) is 11.8 Å². The number of nitrogens with zero attached hydrogens (tertiary/aromatic N) is 1. The van der Waals surface area contributed by atoms with E-state index in [2.05, 4.69) is 10.5 Å². The van der Waals surface area contributed by atoms with E-state index >= 15 is 0 Å². The Kier molecular flexibility index (Phi) is 2.99. The van der Waals surface area contributed by atoms with E-state index in [9.17, 15) is 4.79 Å². The fourth-order valence-corrected chi connectivity index (χ4v) is 1.40. The fourth-order valence-electron chi connectivity index (χ4n) is 0.721. The van der Waals surface area contributed by atoms with E-state index in [0.717, 1.165) is 5.56 Å². The first-order chi connectivity index (χ1) is 5.70. The molecule has 0 aliphatic heterocycles. The third-order valence-corrected chi connectivity index (χ3v) is 2.19. The molecule has 1 aromatic rings. The Morgan fingerprint density at radius 3 is 3.00 bits per heavy atom. The van der Waals surface area contributed by atoms with E-state index in [-0.39, 0.29) is 5.91 Å². The first-order valence-corrected chi connectivity index (χ1v) is 4.42. The van der Waals surface area contributed by atoms with E-state index in [4.69, 9.17) is 0 Å². The molecular weight excluding hydrogens is 172 g/mol. The topological polar surface area (TPSA) is 41.5 Å². The van der Waals surface area contributed by atoms with Gasteiger partial charge in [-0.05, 0) is 18.4 Å². The van der Waals surface area contributed by atoms with Gasteiger partial charge < -0.3 is 0 Å². The van der Waals surface area contributed by atoms with Gasteiger partial charge in [0.15, 0.2) is 0 Å². The molecular formula is C8H10N2OS. The summed E-state index contributed by atoms with van der Waals surface area (Å²) in [4.78, 5) is 11.6. The second-order valence-corrected chi connectivity index (χ2v) is 3.48.